The summed E-state index contributed by atoms with van der Waals surface area (Å²) in [4.78, 5) is 39.6. The van der Waals surface area contributed by atoms with Crippen LogP contribution in [0.3, 0.4) is 0 Å². The topological polar surface area (TPSA) is 195 Å². The van der Waals surface area contributed by atoms with Gasteiger partial charge in [0.05, 0.1) is 18.0 Å². The summed E-state index contributed by atoms with van der Waals surface area (Å²) in [5.41, 5.74) is 6.65. The van der Waals surface area contributed by atoms with E-state index < -0.39 is 34.5 Å². The fourth-order valence-corrected chi connectivity index (χ4v) is 4.72. The Labute approximate surface area is 207 Å². The van der Waals surface area contributed by atoms with Gasteiger partial charge in [0.15, 0.2) is 5.84 Å². The monoisotopic (exact) mass is 518 g/mol. The molecule has 0 aromatic heterocycles. The molecular weight excluding hydrogens is 492 g/mol. The van der Waals surface area contributed by atoms with Gasteiger partial charge in [0.1, 0.15) is 6.04 Å². The number of nitrogens with two attached hydrogens (primary N) is 1. The van der Waals surface area contributed by atoms with Crippen molar-refractivity contribution in [2.24, 2.45) is 10.9 Å². The summed E-state index contributed by atoms with van der Waals surface area (Å²) in [5, 5.41) is 23.5. The van der Waals surface area contributed by atoms with Gasteiger partial charge in [0.2, 0.25) is 21.8 Å². The van der Waals surface area contributed by atoms with Crippen molar-refractivity contribution < 1.29 is 33.1 Å². The molecule has 0 aliphatic carbocycles. The van der Waals surface area contributed by atoms with E-state index >= 15 is 0 Å². The Hall–Kier alpha value is -4.01. The highest BCUT2D eigenvalue weighted by molar-refractivity contribution is 7.89. The number of rotatable bonds is 10. The predicted octanol–water partition coefficient (Wildman–Crippen LogP) is -1.02. The van der Waals surface area contributed by atoms with Gasteiger partial charge in [0.25, 0.3) is 0 Å². The molecule has 3 rings (SSSR count). The Morgan fingerprint density at radius 2 is 1.75 bits per heavy atom. The first-order valence-electron chi connectivity index (χ1n) is 10.8. The molecule has 1 aliphatic rings. The fraction of sp³-hybridized carbons (Fsp3) is 0.273. The number of amides is 2. The maximum Gasteiger partial charge on any atom is 0.323 e. The van der Waals surface area contributed by atoms with Gasteiger partial charge < -0.3 is 26.3 Å². The third-order valence-corrected chi connectivity index (χ3v) is 6.89. The van der Waals surface area contributed by atoms with Crippen LogP contribution in [0, 0.1) is 0 Å². The molecule has 192 valence electrons. The number of carboxylic acid groups (broad SMARTS) is 1. The molecule has 0 bridgehead atoms. The summed E-state index contributed by atoms with van der Waals surface area (Å²) in [6.07, 6.45) is 0. The Balaban J connectivity index is 1.51. The first-order chi connectivity index (χ1) is 17.1. The summed E-state index contributed by atoms with van der Waals surface area (Å²) in [5.74, 6) is -2.30. The largest absolute Gasteiger partial charge is 0.480 e. The van der Waals surface area contributed by atoms with Crippen LogP contribution in [-0.2, 0) is 24.4 Å². The van der Waals surface area contributed by atoms with Gasteiger partial charge >= 0.3 is 5.97 Å². The smallest absolute Gasteiger partial charge is 0.323 e. The lowest BCUT2D eigenvalue weighted by molar-refractivity contribution is -0.138. The van der Waals surface area contributed by atoms with Crippen molar-refractivity contribution in [3.8, 4) is 0 Å². The maximum atomic E-state index is 12.6. The lowest BCUT2D eigenvalue weighted by Crippen LogP contribution is -2.54. The summed E-state index contributed by atoms with van der Waals surface area (Å²) in [6, 6.07) is 12.3. The predicted molar refractivity (Wildman–Crippen MR) is 129 cm³/mol. The van der Waals surface area contributed by atoms with E-state index in [-0.39, 0.29) is 29.7 Å². The second kappa shape index (κ2) is 11.6. The molecule has 0 unspecified atom stereocenters. The Kier molecular flexibility index (Phi) is 8.58. The van der Waals surface area contributed by atoms with Gasteiger partial charge in [0, 0.05) is 30.9 Å². The number of piperazine rings is 1. The normalized spacial score (nSPS) is 15.9. The molecular formula is C22H26N6O7S. The molecule has 1 fully saturated rings. The molecule has 13 nitrogen and oxygen atoms in total. The van der Waals surface area contributed by atoms with Crippen molar-refractivity contribution in [2.45, 2.75) is 10.9 Å². The molecule has 14 heteroatoms. The molecule has 2 aromatic rings. The third kappa shape index (κ3) is 6.78. The number of hydrogen-bond acceptors (Lipinski definition) is 8. The number of nitrogens with zero attached hydrogens (tertiary/aromatic N) is 3. The standard InChI is InChI=1S/C22H26N6O7S/c23-21(25-33)15-6-8-16(9-7-15)28-11-10-27(14-20(28)30)13-19(29)24-12-18(22(31)32)26-36(34,35)17-4-2-1-3-5-17/h1-9,18,26,33H,10-14H2,(H2,23,25)(H,24,29)(H,31,32)/t18-/m0/s1. The second-order valence-electron chi connectivity index (χ2n) is 7.92. The van der Waals surface area contributed by atoms with Crippen molar-refractivity contribution in [3.63, 3.8) is 0 Å². The van der Waals surface area contributed by atoms with Crippen LogP contribution in [0.25, 0.3) is 0 Å². The van der Waals surface area contributed by atoms with E-state index in [1.54, 1.807) is 40.1 Å². The zero-order chi connectivity index (χ0) is 26.3. The number of amidine groups is 1. The number of benzene rings is 2. The number of hydrogen-bond donors (Lipinski definition) is 5. The number of sulfonamides is 1. The van der Waals surface area contributed by atoms with E-state index in [1.165, 1.54) is 24.3 Å². The average Bonchev–Trinajstić information content (AvgIpc) is 2.86. The number of carboxylic acids is 1. The Bertz CT molecular complexity index is 1240. The van der Waals surface area contributed by atoms with Gasteiger partial charge in [-0.05, 0) is 36.4 Å². The highest BCUT2D eigenvalue weighted by Gasteiger charge is 2.28. The second-order valence-corrected chi connectivity index (χ2v) is 9.63. The van der Waals surface area contributed by atoms with E-state index in [0.29, 0.717) is 24.3 Å². The highest BCUT2D eigenvalue weighted by Crippen LogP contribution is 2.18. The molecule has 0 radical (unpaired) electrons. The van der Waals surface area contributed by atoms with E-state index in [2.05, 4.69) is 15.2 Å². The first kappa shape index (κ1) is 26.6. The minimum absolute atomic E-state index is 0.0432. The summed E-state index contributed by atoms with van der Waals surface area (Å²) in [7, 11) is -4.10. The number of carbonyl (C=O) groups is 3. The van der Waals surface area contributed by atoms with Crippen LogP contribution in [0.2, 0.25) is 0 Å². The minimum Gasteiger partial charge on any atom is -0.480 e. The molecule has 2 amide bonds. The van der Waals surface area contributed by atoms with Crippen LogP contribution < -0.4 is 20.7 Å². The van der Waals surface area contributed by atoms with Gasteiger partial charge in [-0.1, -0.05) is 23.4 Å². The van der Waals surface area contributed by atoms with Crippen LogP contribution in [0.5, 0.6) is 0 Å². The number of nitrogens with one attached hydrogen (secondary N) is 2. The molecule has 6 N–H and O–H groups in total. The number of oxime groups is 1. The van der Waals surface area contributed by atoms with Crippen molar-refractivity contribution in [1.29, 1.82) is 0 Å². The van der Waals surface area contributed by atoms with Crippen molar-refractivity contribution in [3.05, 3.63) is 60.2 Å². The van der Waals surface area contributed by atoms with Crippen LogP contribution in [0.4, 0.5) is 5.69 Å². The van der Waals surface area contributed by atoms with Crippen LogP contribution >= 0.6 is 0 Å². The van der Waals surface area contributed by atoms with E-state index in [0.717, 1.165) is 0 Å². The summed E-state index contributed by atoms with van der Waals surface area (Å²) < 4.78 is 26.9. The van der Waals surface area contributed by atoms with Crippen LogP contribution in [0.1, 0.15) is 5.56 Å². The van der Waals surface area contributed by atoms with Gasteiger partial charge in [-0.3, -0.25) is 19.3 Å². The Morgan fingerprint density at radius 1 is 1.08 bits per heavy atom. The van der Waals surface area contributed by atoms with Crippen molar-refractivity contribution in [1.82, 2.24) is 14.9 Å². The lowest BCUT2D eigenvalue weighted by Gasteiger charge is -2.34. The minimum atomic E-state index is -4.10. The summed E-state index contributed by atoms with van der Waals surface area (Å²) >= 11 is 0. The quantitative estimate of drug-likeness (QED) is 0.113. The van der Waals surface area contributed by atoms with Gasteiger partial charge in [-0.25, -0.2) is 8.42 Å². The van der Waals surface area contributed by atoms with E-state index in [4.69, 9.17) is 10.9 Å². The Morgan fingerprint density at radius 3 is 2.33 bits per heavy atom. The van der Waals surface area contributed by atoms with E-state index in [9.17, 15) is 27.9 Å². The number of carbonyl (C=O) groups excluding carboxylic acids is 2. The molecule has 2 aromatic carbocycles. The summed E-state index contributed by atoms with van der Waals surface area (Å²) in [6.45, 7) is 0.00671. The number of anilines is 1. The average molecular weight is 519 g/mol. The molecule has 1 aliphatic heterocycles. The SMILES string of the molecule is NC(=NO)c1ccc(N2CCN(CC(=O)NC[C@H](NS(=O)(=O)c3ccccc3)C(=O)O)CC2=O)cc1. The molecule has 1 atom stereocenters. The first-order valence-corrected chi connectivity index (χ1v) is 12.3. The van der Waals surface area contributed by atoms with Gasteiger partial charge in [-0.2, -0.15) is 4.72 Å². The van der Waals surface area contributed by atoms with Crippen LogP contribution in [0.15, 0.2) is 64.6 Å². The van der Waals surface area contributed by atoms with Crippen molar-refractivity contribution >= 4 is 39.3 Å². The molecule has 36 heavy (non-hydrogen) atoms. The number of aliphatic carboxylic acids is 1. The van der Waals surface area contributed by atoms with Gasteiger partial charge in [-0.15, -0.1) is 0 Å². The third-order valence-electron chi connectivity index (χ3n) is 5.40. The molecule has 0 spiro atoms. The maximum absolute atomic E-state index is 12.6. The van der Waals surface area contributed by atoms with Crippen molar-refractivity contribution in [2.75, 3.05) is 37.6 Å². The lowest BCUT2D eigenvalue weighted by atomic mass is 10.1. The molecule has 1 heterocycles. The highest BCUT2D eigenvalue weighted by atomic mass is 32.2. The fourth-order valence-electron chi connectivity index (χ4n) is 3.51. The zero-order valence-corrected chi connectivity index (χ0v) is 19.9. The van der Waals surface area contributed by atoms with E-state index in [1.807, 2.05) is 0 Å². The zero-order valence-electron chi connectivity index (χ0n) is 19.1. The van der Waals surface area contributed by atoms with Crippen LogP contribution in [-0.4, -0.2) is 86.0 Å². The molecule has 0 saturated carbocycles. The molecule has 1 saturated heterocycles.